The molecule has 0 unspecified atom stereocenters. The summed E-state index contributed by atoms with van der Waals surface area (Å²) in [6.45, 7) is 4.76. The predicted molar refractivity (Wildman–Crippen MR) is 121 cm³/mol. The van der Waals surface area contributed by atoms with E-state index in [-0.39, 0.29) is 12.1 Å². The Bertz CT molecular complexity index is 1090. The number of carbonyl (C=O) groups is 2. The first kappa shape index (κ1) is 23.0. The van der Waals surface area contributed by atoms with Gasteiger partial charge in [-0.25, -0.2) is 0 Å². The fourth-order valence-electron chi connectivity index (χ4n) is 3.38. The van der Waals surface area contributed by atoms with Crippen molar-refractivity contribution in [3.63, 3.8) is 0 Å². The number of nitriles is 1. The number of benzene rings is 2. The van der Waals surface area contributed by atoms with Gasteiger partial charge in [0, 0.05) is 25.8 Å². The van der Waals surface area contributed by atoms with Gasteiger partial charge in [-0.2, -0.15) is 5.26 Å². The zero-order valence-electron chi connectivity index (χ0n) is 18.6. The summed E-state index contributed by atoms with van der Waals surface area (Å²) in [5.74, 6) is -0.241. The largest absolute Gasteiger partial charge is 0.489 e. The van der Waals surface area contributed by atoms with Crippen LogP contribution in [0.5, 0.6) is 5.75 Å². The van der Waals surface area contributed by atoms with Crippen LogP contribution in [-0.4, -0.2) is 37.0 Å². The zero-order chi connectivity index (χ0) is 23.1. The molecule has 3 rings (SSSR count). The van der Waals surface area contributed by atoms with Gasteiger partial charge in [0.15, 0.2) is 0 Å². The Hall–Kier alpha value is -3.69. The van der Waals surface area contributed by atoms with Crippen LogP contribution in [0.1, 0.15) is 30.0 Å². The highest BCUT2D eigenvalue weighted by molar-refractivity contribution is 6.19. The van der Waals surface area contributed by atoms with E-state index >= 15 is 0 Å². The van der Waals surface area contributed by atoms with Crippen molar-refractivity contribution in [3.8, 4) is 11.8 Å². The molecule has 1 heterocycles. The second-order valence-electron chi connectivity index (χ2n) is 7.62. The van der Waals surface area contributed by atoms with E-state index in [1.54, 1.807) is 20.1 Å². The molecule has 0 saturated heterocycles. The number of nitrogens with zero attached hydrogens (tertiary/aromatic N) is 2. The van der Waals surface area contributed by atoms with Crippen molar-refractivity contribution in [1.82, 2.24) is 4.90 Å². The number of rotatable bonds is 8. The molecule has 1 aliphatic rings. The van der Waals surface area contributed by atoms with Gasteiger partial charge in [-0.15, -0.1) is 0 Å². The van der Waals surface area contributed by atoms with Gasteiger partial charge in [0.25, 0.3) is 11.8 Å². The second-order valence-corrected chi connectivity index (χ2v) is 7.62. The molecular formula is C26H26N2O4. The van der Waals surface area contributed by atoms with Crippen molar-refractivity contribution in [3.05, 3.63) is 81.9 Å². The lowest BCUT2D eigenvalue weighted by molar-refractivity contribution is -0.140. The van der Waals surface area contributed by atoms with Crippen LogP contribution in [0.2, 0.25) is 0 Å². The number of methoxy groups -OCH3 is 1. The SMILES string of the molecule is COCCCN1C(=O)C(C#N)=C(C)/C(=C\c2ccc(OCc3ccc(C)cc3)cc2)C1=O. The van der Waals surface area contributed by atoms with Crippen LogP contribution in [0.4, 0.5) is 0 Å². The van der Waals surface area contributed by atoms with Crippen LogP contribution in [-0.2, 0) is 20.9 Å². The van der Waals surface area contributed by atoms with E-state index in [4.69, 9.17) is 9.47 Å². The molecule has 0 fully saturated rings. The van der Waals surface area contributed by atoms with Gasteiger partial charge in [-0.1, -0.05) is 42.0 Å². The van der Waals surface area contributed by atoms with Crippen LogP contribution >= 0.6 is 0 Å². The van der Waals surface area contributed by atoms with Gasteiger partial charge in [-0.05, 0) is 55.2 Å². The number of ether oxygens (including phenoxy) is 2. The predicted octanol–water partition coefficient (Wildman–Crippen LogP) is 4.20. The fraction of sp³-hybridized carbons (Fsp3) is 0.269. The lowest BCUT2D eigenvalue weighted by Crippen LogP contribution is -2.43. The summed E-state index contributed by atoms with van der Waals surface area (Å²) in [7, 11) is 1.56. The molecule has 2 aromatic rings. The van der Waals surface area contributed by atoms with Crippen molar-refractivity contribution < 1.29 is 19.1 Å². The second kappa shape index (κ2) is 10.6. The molecule has 0 radical (unpaired) electrons. The first-order valence-electron chi connectivity index (χ1n) is 10.4. The van der Waals surface area contributed by atoms with Crippen molar-refractivity contribution >= 4 is 17.9 Å². The van der Waals surface area contributed by atoms with Gasteiger partial charge in [0.1, 0.15) is 24.0 Å². The molecule has 0 atom stereocenters. The van der Waals surface area contributed by atoms with Gasteiger partial charge in [0.05, 0.1) is 0 Å². The van der Waals surface area contributed by atoms with E-state index in [0.29, 0.717) is 36.5 Å². The lowest BCUT2D eigenvalue weighted by Gasteiger charge is -2.27. The highest BCUT2D eigenvalue weighted by Gasteiger charge is 2.34. The Morgan fingerprint density at radius 1 is 1.00 bits per heavy atom. The minimum Gasteiger partial charge on any atom is -0.489 e. The molecule has 164 valence electrons. The maximum absolute atomic E-state index is 13.0. The minimum atomic E-state index is -0.553. The Balaban J connectivity index is 1.78. The van der Waals surface area contributed by atoms with Gasteiger partial charge < -0.3 is 9.47 Å². The lowest BCUT2D eigenvalue weighted by atomic mass is 9.93. The molecule has 32 heavy (non-hydrogen) atoms. The minimum absolute atomic E-state index is 0.00804. The summed E-state index contributed by atoms with van der Waals surface area (Å²) in [6.07, 6.45) is 2.21. The molecule has 2 aromatic carbocycles. The molecule has 6 heteroatoms. The van der Waals surface area contributed by atoms with Crippen LogP contribution in [0.25, 0.3) is 6.08 Å². The average Bonchev–Trinajstić information content (AvgIpc) is 2.80. The maximum Gasteiger partial charge on any atom is 0.271 e. The molecule has 0 aromatic heterocycles. The molecule has 0 bridgehead atoms. The summed E-state index contributed by atoms with van der Waals surface area (Å²) in [5.41, 5.74) is 3.78. The molecule has 1 aliphatic heterocycles. The summed E-state index contributed by atoms with van der Waals surface area (Å²) >= 11 is 0. The highest BCUT2D eigenvalue weighted by Crippen LogP contribution is 2.27. The van der Waals surface area contributed by atoms with E-state index in [1.807, 2.05) is 61.5 Å². The van der Waals surface area contributed by atoms with Crippen molar-refractivity contribution in [2.75, 3.05) is 20.3 Å². The Labute approximate surface area is 188 Å². The van der Waals surface area contributed by atoms with Gasteiger partial charge in [-0.3, -0.25) is 14.5 Å². The van der Waals surface area contributed by atoms with Crippen LogP contribution in [0.3, 0.4) is 0 Å². The van der Waals surface area contributed by atoms with Crippen LogP contribution < -0.4 is 4.74 Å². The first-order chi connectivity index (χ1) is 15.4. The number of hydrogen-bond donors (Lipinski definition) is 0. The normalized spacial score (nSPS) is 15.3. The topological polar surface area (TPSA) is 79.6 Å². The quantitative estimate of drug-likeness (QED) is 0.356. The first-order valence-corrected chi connectivity index (χ1v) is 10.4. The third kappa shape index (κ3) is 5.32. The standard InChI is InChI=1S/C26H26N2O4/c1-18-5-7-21(8-6-18)17-32-22-11-9-20(10-12-22)15-23-19(2)24(16-27)26(30)28(25(23)29)13-4-14-31-3/h5-12,15H,4,13-14,17H2,1-3H3/b23-15+. The van der Waals surface area contributed by atoms with Crippen molar-refractivity contribution in [1.29, 1.82) is 5.26 Å². The molecule has 0 aliphatic carbocycles. The number of amides is 2. The smallest absolute Gasteiger partial charge is 0.271 e. The number of imide groups is 1. The molecule has 0 N–H and O–H groups in total. The number of aryl methyl sites for hydroxylation is 1. The molecule has 2 amide bonds. The average molecular weight is 431 g/mol. The van der Waals surface area contributed by atoms with Crippen LogP contribution in [0, 0.1) is 18.3 Å². The summed E-state index contributed by atoms with van der Waals surface area (Å²) < 4.78 is 10.8. The summed E-state index contributed by atoms with van der Waals surface area (Å²) in [4.78, 5) is 26.7. The fourth-order valence-corrected chi connectivity index (χ4v) is 3.38. The Morgan fingerprint density at radius 3 is 2.31 bits per heavy atom. The Kier molecular flexibility index (Phi) is 7.58. The van der Waals surface area contributed by atoms with Gasteiger partial charge >= 0.3 is 0 Å². The van der Waals surface area contributed by atoms with E-state index in [0.717, 1.165) is 16.0 Å². The highest BCUT2D eigenvalue weighted by atomic mass is 16.5. The van der Waals surface area contributed by atoms with E-state index < -0.39 is 11.8 Å². The molecule has 0 saturated carbocycles. The maximum atomic E-state index is 13.0. The summed E-state index contributed by atoms with van der Waals surface area (Å²) in [6, 6.07) is 17.5. The van der Waals surface area contributed by atoms with E-state index in [1.165, 1.54) is 5.56 Å². The van der Waals surface area contributed by atoms with E-state index in [9.17, 15) is 14.9 Å². The monoisotopic (exact) mass is 430 g/mol. The number of hydrogen-bond acceptors (Lipinski definition) is 5. The molecule has 0 spiro atoms. The van der Waals surface area contributed by atoms with Crippen LogP contribution in [0.15, 0.2) is 65.3 Å². The zero-order valence-corrected chi connectivity index (χ0v) is 18.6. The third-order valence-corrected chi connectivity index (χ3v) is 5.27. The van der Waals surface area contributed by atoms with E-state index in [2.05, 4.69) is 0 Å². The molecule has 6 nitrogen and oxygen atoms in total. The van der Waals surface area contributed by atoms with Crippen molar-refractivity contribution in [2.45, 2.75) is 26.9 Å². The number of carbonyl (C=O) groups excluding carboxylic acids is 2. The summed E-state index contributed by atoms with van der Waals surface area (Å²) in [5, 5.41) is 9.46. The Morgan fingerprint density at radius 2 is 1.69 bits per heavy atom. The van der Waals surface area contributed by atoms with Crippen molar-refractivity contribution in [2.24, 2.45) is 0 Å². The molecular weight excluding hydrogens is 404 g/mol. The third-order valence-electron chi connectivity index (χ3n) is 5.27. The van der Waals surface area contributed by atoms with Gasteiger partial charge in [0.2, 0.25) is 0 Å².